The second-order valence-corrected chi connectivity index (χ2v) is 8.52. The van der Waals surface area contributed by atoms with Crippen molar-refractivity contribution in [1.82, 2.24) is 0 Å². The molecule has 0 unspecified atom stereocenters. The van der Waals surface area contributed by atoms with Crippen LogP contribution in [0.5, 0.6) is 5.75 Å². The third-order valence-electron chi connectivity index (χ3n) is 6.04. The summed E-state index contributed by atoms with van der Waals surface area (Å²) in [5.74, 6) is 0.645. The van der Waals surface area contributed by atoms with Crippen molar-refractivity contribution < 1.29 is 14.3 Å². The highest BCUT2D eigenvalue weighted by Crippen LogP contribution is 2.26. The number of carbonyl (C=O) groups excluding carboxylic acids is 2. The van der Waals surface area contributed by atoms with E-state index in [0.29, 0.717) is 35.9 Å². The van der Waals surface area contributed by atoms with Crippen molar-refractivity contribution in [3.8, 4) is 5.75 Å². The molecule has 33 heavy (non-hydrogen) atoms. The molecule has 2 N–H and O–H groups in total. The van der Waals surface area contributed by atoms with Crippen LogP contribution in [0.3, 0.4) is 0 Å². The average Bonchev–Trinajstić information content (AvgIpc) is 3.34. The first-order valence-electron chi connectivity index (χ1n) is 11.6. The van der Waals surface area contributed by atoms with E-state index in [2.05, 4.69) is 10.6 Å². The fourth-order valence-corrected chi connectivity index (χ4v) is 4.13. The number of anilines is 2. The second-order valence-electron chi connectivity index (χ2n) is 8.52. The van der Waals surface area contributed by atoms with Gasteiger partial charge in [-0.1, -0.05) is 36.4 Å². The molecule has 0 heterocycles. The molecular formula is C28H30N2O3. The maximum Gasteiger partial charge on any atom is 0.255 e. The lowest BCUT2D eigenvalue weighted by Crippen LogP contribution is -2.16. The topological polar surface area (TPSA) is 67.4 Å². The van der Waals surface area contributed by atoms with Crippen molar-refractivity contribution in [3.05, 3.63) is 89.5 Å². The van der Waals surface area contributed by atoms with E-state index < -0.39 is 0 Å². The Morgan fingerprint density at radius 2 is 1.58 bits per heavy atom. The highest BCUT2D eigenvalue weighted by atomic mass is 16.5. The van der Waals surface area contributed by atoms with Crippen molar-refractivity contribution >= 4 is 23.2 Å². The van der Waals surface area contributed by atoms with Crippen molar-refractivity contribution in [3.63, 3.8) is 0 Å². The van der Waals surface area contributed by atoms with Crippen molar-refractivity contribution in [2.45, 2.75) is 51.6 Å². The van der Waals surface area contributed by atoms with Gasteiger partial charge in [0.25, 0.3) is 5.91 Å². The summed E-state index contributed by atoms with van der Waals surface area (Å²) in [4.78, 5) is 25.1. The van der Waals surface area contributed by atoms with E-state index in [1.54, 1.807) is 12.1 Å². The molecule has 5 nitrogen and oxygen atoms in total. The largest absolute Gasteiger partial charge is 0.490 e. The number of nitrogens with one attached hydrogen (secondary N) is 2. The van der Waals surface area contributed by atoms with Crippen LogP contribution in [0.1, 0.15) is 53.6 Å². The number of hydrogen-bond donors (Lipinski definition) is 2. The van der Waals surface area contributed by atoms with Crippen LogP contribution in [0.15, 0.2) is 72.8 Å². The van der Waals surface area contributed by atoms with Crippen molar-refractivity contribution in [1.29, 1.82) is 0 Å². The van der Waals surface area contributed by atoms with Gasteiger partial charge in [0, 0.05) is 23.4 Å². The zero-order chi connectivity index (χ0) is 23.0. The number of carbonyl (C=O) groups is 2. The third kappa shape index (κ3) is 6.22. The molecule has 0 saturated heterocycles. The first kappa shape index (κ1) is 22.6. The number of amides is 2. The molecule has 0 radical (unpaired) electrons. The van der Waals surface area contributed by atoms with Crippen LogP contribution in [-0.2, 0) is 11.2 Å². The summed E-state index contributed by atoms with van der Waals surface area (Å²) in [6.45, 7) is 1.89. The van der Waals surface area contributed by atoms with Gasteiger partial charge >= 0.3 is 0 Å². The summed E-state index contributed by atoms with van der Waals surface area (Å²) in [5.41, 5.74) is 3.87. The summed E-state index contributed by atoms with van der Waals surface area (Å²) in [6, 6.07) is 22.6. The number of ether oxygens (including phenoxy) is 1. The molecule has 5 heteroatoms. The van der Waals surface area contributed by atoms with E-state index in [-0.39, 0.29) is 11.8 Å². The van der Waals surface area contributed by atoms with Gasteiger partial charge in [0.2, 0.25) is 5.91 Å². The highest BCUT2D eigenvalue weighted by molar-refractivity contribution is 6.05. The van der Waals surface area contributed by atoms with Gasteiger partial charge in [-0.05, 0) is 86.6 Å². The van der Waals surface area contributed by atoms with Crippen LogP contribution in [0.25, 0.3) is 0 Å². The van der Waals surface area contributed by atoms with Crippen LogP contribution in [0.2, 0.25) is 0 Å². The lowest BCUT2D eigenvalue weighted by Gasteiger charge is -2.14. The summed E-state index contributed by atoms with van der Waals surface area (Å²) < 4.78 is 6.08. The molecule has 1 aliphatic rings. The molecular weight excluding hydrogens is 412 g/mol. The Balaban J connectivity index is 1.33. The van der Waals surface area contributed by atoms with Crippen LogP contribution in [0, 0.1) is 6.92 Å². The van der Waals surface area contributed by atoms with E-state index in [0.717, 1.165) is 29.7 Å². The Morgan fingerprint density at radius 1 is 0.879 bits per heavy atom. The minimum Gasteiger partial charge on any atom is -0.490 e. The molecule has 0 aromatic heterocycles. The monoisotopic (exact) mass is 442 g/mol. The predicted octanol–water partition coefficient (Wildman–Crippen LogP) is 6.14. The van der Waals surface area contributed by atoms with Gasteiger partial charge in [0.1, 0.15) is 5.75 Å². The lowest BCUT2D eigenvalue weighted by molar-refractivity contribution is -0.116. The minimum atomic E-state index is -0.179. The molecule has 0 spiro atoms. The minimum absolute atomic E-state index is 0.0632. The van der Waals surface area contributed by atoms with E-state index in [9.17, 15) is 9.59 Å². The summed E-state index contributed by atoms with van der Waals surface area (Å²) in [6.07, 6.45) is 6.04. The van der Waals surface area contributed by atoms with Crippen LogP contribution in [-0.4, -0.2) is 17.9 Å². The molecule has 3 aromatic carbocycles. The summed E-state index contributed by atoms with van der Waals surface area (Å²) in [7, 11) is 0. The molecule has 0 bridgehead atoms. The Kier molecular flexibility index (Phi) is 7.40. The lowest BCUT2D eigenvalue weighted by atomic mass is 10.1. The first-order valence-corrected chi connectivity index (χ1v) is 11.6. The predicted molar refractivity (Wildman–Crippen MR) is 132 cm³/mol. The Morgan fingerprint density at radius 3 is 2.33 bits per heavy atom. The smallest absolute Gasteiger partial charge is 0.255 e. The maximum absolute atomic E-state index is 12.6. The Bertz CT molecular complexity index is 1110. The summed E-state index contributed by atoms with van der Waals surface area (Å²) >= 11 is 0. The molecule has 0 atom stereocenters. The van der Waals surface area contributed by atoms with Gasteiger partial charge in [0.05, 0.1) is 6.10 Å². The third-order valence-corrected chi connectivity index (χ3v) is 6.04. The molecule has 2 amide bonds. The highest BCUT2D eigenvalue weighted by Gasteiger charge is 2.16. The van der Waals surface area contributed by atoms with E-state index >= 15 is 0 Å². The molecule has 1 aliphatic carbocycles. The number of aryl methyl sites for hydroxylation is 1. The van der Waals surface area contributed by atoms with Crippen molar-refractivity contribution in [2.24, 2.45) is 0 Å². The standard InChI is InChI=1S/C28H30N2O3/c1-20-25(15-8-16-26(20)30-28(32)22-10-3-2-4-11-22)29-27(31)18-17-21-9-7-14-24(19-21)33-23-12-5-6-13-23/h2-4,7-11,14-16,19,23H,5-6,12-13,17-18H2,1H3,(H,29,31)(H,30,32). The van der Waals surface area contributed by atoms with Crippen LogP contribution >= 0.6 is 0 Å². The van der Waals surface area contributed by atoms with Gasteiger partial charge in [-0.25, -0.2) is 0 Å². The zero-order valence-corrected chi connectivity index (χ0v) is 19.0. The van der Waals surface area contributed by atoms with E-state index in [1.165, 1.54) is 12.8 Å². The van der Waals surface area contributed by atoms with Crippen LogP contribution < -0.4 is 15.4 Å². The van der Waals surface area contributed by atoms with Gasteiger partial charge in [-0.2, -0.15) is 0 Å². The average molecular weight is 443 g/mol. The van der Waals surface area contributed by atoms with E-state index in [4.69, 9.17) is 4.74 Å². The number of benzene rings is 3. The number of rotatable bonds is 8. The Hall–Kier alpha value is -3.60. The van der Waals surface area contributed by atoms with Gasteiger partial charge < -0.3 is 15.4 Å². The van der Waals surface area contributed by atoms with Gasteiger partial charge in [0.15, 0.2) is 0 Å². The fraction of sp³-hybridized carbons (Fsp3) is 0.286. The second kappa shape index (κ2) is 10.8. The van der Waals surface area contributed by atoms with Gasteiger partial charge in [-0.15, -0.1) is 0 Å². The zero-order valence-electron chi connectivity index (χ0n) is 19.0. The molecule has 170 valence electrons. The van der Waals surface area contributed by atoms with Crippen LogP contribution in [0.4, 0.5) is 11.4 Å². The van der Waals surface area contributed by atoms with Crippen molar-refractivity contribution in [2.75, 3.05) is 10.6 Å². The molecule has 1 fully saturated rings. The maximum atomic E-state index is 12.6. The Labute approximate surface area is 195 Å². The molecule has 0 aliphatic heterocycles. The first-order chi connectivity index (χ1) is 16.1. The number of hydrogen-bond acceptors (Lipinski definition) is 3. The SMILES string of the molecule is Cc1c(NC(=O)CCc2cccc(OC3CCCC3)c2)cccc1NC(=O)c1ccccc1. The molecule has 4 rings (SSSR count). The molecule has 3 aromatic rings. The van der Waals surface area contributed by atoms with Gasteiger partial charge in [-0.3, -0.25) is 9.59 Å². The summed E-state index contributed by atoms with van der Waals surface area (Å²) in [5, 5.41) is 5.92. The normalized spacial score (nSPS) is 13.5. The fourth-order valence-electron chi connectivity index (χ4n) is 4.13. The quantitative estimate of drug-likeness (QED) is 0.440. The van der Waals surface area contributed by atoms with E-state index in [1.807, 2.05) is 67.6 Å². The molecule has 1 saturated carbocycles.